The summed E-state index contributed by atoms with van der Waals surface area (Å²) in [5.74, 6) is 6.19. The molecule has 3 aromatic carbocycles. The minimum atomic E-state index is -0.0405. The molecule has 0 unspecified atom stereocenters. The Morgan fingerprint density at radius 3 is 2.28 bits per heavy atom. The first kappa shape index (κ1) is 16.5. The molecule has 25 heavy (non-hydrogen) atoms. The van der Waals surface area contributed by atoms with Gasteiger partial charge in [0.1, 0.15) is 0 Å². The van der Waals surface area contributed by atoms with E-state index in [0.717, 1.165) is 22.3 Å². The molecule has 0 fully saturated rings. The van der Waals surface area contributed by atoms with Crippen LogP contribution < -0.4 is 0 Å². The second kappa shape index (κ2) is 7.95. The Morgan fingerprint density at radius 2 is 1.48 bits per heavy atom. The van der Waals surface area contributed by atoms with Gasteiger partial charge in [-0.25, -0.2) is 0 Å². The van der Waals surface area contributed by atoms with Crippen molar-refractivity contribution in [1.82, 2.24) is 0 Å². The highest BCUT2D eigenvalue weighted by Crippen LogP contribution is 2.13. The summed E-state index contributed by atoms with van der Waals surface area (Å²) in [6.45, 7) is 2.03. The zero-order valence-corrected chi connectivity index (χ0v) is 14.1. The molecule has 3 aromatic rings. The van der Waals surface area contributed by atoms with E-state index in [-0.39, 0.29) is 5.78 Å². The third kappa shape index (κ3) is 4.34. The molecule has 0 N–H and O–H groups in total. The van der Waals surface area contributed by atoms with Crippen molar-refractivity contribution in [1.29, 1.82) is 0 Å². The molecule has 0 radical (unpaired) electrons. The Balaban J connectivity index is 1.87. The van der Waals surface area contributed by atoms with Crippen LogP contribution in [-0.2, 0) is 0 Å². The number of carbonyl (C=O) groups is 1. The number of carbonyl (C=O) groups excluding carboxylic acids is 1. The van der Waals surface area contributed by atoms with E-state index in [4.69, 9.17) is 0 Å². The van der Waals surface area contributed by atoms with Gasteiger partial charge in [0, 0.05) is 16.7 Å². The van der Waals surface area contributed by atoms with Crippen LogP contribution in [0, 0.1) is 18.8 Å². The van der Waals surface area contributed by atoms with Gasteiger partial charge in [0.25, 0.3) is 0 Å². The first-order valence-corrected chi connectivity index (χ1v) is 8.18. The Hall–Kier alpha value is -3.37. The average Bonchev–Trinajstić information content (AvgIpc) is 2.66. The van der Waals surface area contributed by atoms with Crippen molar-refractivity contribution in [3.05, 3.63) is 113 Å². The van der Waals surface area contributed by atoms with E-state index in [2.05, 4.69) is 11.8 Å². The van der Waals surface area contributed by atoms with Crippen molar-refractivity contribution in [2.75, 3.05) is 0 Å². The first-order chi connectivity index (χ1) is 12.2. The smallest absolute Gasteiger partial charge is 0.187 e. The number of allylic oxidation sites excluding steroid dienone is 1. The fraction of sp³-hybridized carbons (Fsp3) is 0.0417. The van der Waals surface area contributed by atoms with E-state index in [1.54, 1.807) is 6.08 Å². The molecule has 1 heteroatoms. The standard InChI is InChI=1S/C24H18O/c1-19-9-5-6-12-21(19)17-18-24(25)23-14-8-7-13-22(23)16-15-20-10-3-2-4-11-20/h2-14,17-18H,1H3/b18-17+. The summed E-state index contributed by atoms with van der Waals surface area (Å²) in [5, 5.41) is 0. The molecule has 0 atom stereocenters. The van der Waals surface area contributed by atoms with Crippen molar-refractivity contribution in [3.63, 3.8) is 0 Å². The number of ketones is 1. The number of hydrogen-bond acceptors (Lipinski definition) is 1. The molecule has 0 aliphatic rings. The molecule has 0 heterocycles. The summed E-state index contributed by atoms with van der Waals surface area (Å²) in [7, 11) is 0. The monoisotopic (exact) mass is 322 g/mol. The highest BCUT2D eigenvalue weighted by atomic mass is 16.1. The second-order valence-corrected chi connectivity index (χ2v) is 5.72. The molecule has 0 saturated carbocycles. The van der Waals surface area contributed by atoms with E-state index in [0.29, 0.717) is 5.56 Å². The summed E-state index contributed by atoms with van der Waals surface area (Å²) in [6.07, 6.45) is 3.48. The third-order valence-electron chi connectivity index (χ3n) is 3.91. The van der Waals surface area contributed by atoms with Crippen LogP contribution in [0.1, 0.15) is 32.6 Å². The molecular formula is C24H18O. The maximum atomic E-state index is 12.6. The van der Waals surface area contributed by atoms with Gasteiger partial charge in [-0.2, -0.15) is 0 Å². The second-order valence-electron chi connectivity index (χ2n) is 5.72. The normalized spacial score (nSPS) is 10.3. The van der Waals surface area contributed by atoms with Crippen LogP contribution in [0.5, 0.6) is 0 Å². The average molecular weight is 322 g/mol. The fourth-order valence-electron chi connectivity index (χ4n) is 2.50. The van der Waals surface area contributed by atoms with Crippen molar-refractivity contribution in [2.45, 2.75) is 6.92 Å². The molecule has 3 rings (SSSR count). The quantitative estimate of drug-likeness (QED) is 0.364. The minimum absolute atomic E-state index is 0.0405. The maximum absolute atomic E-state index is 12.6. The lowest BCUT2D eigenvalue weighted by Crippen LogP contribution is -1.98. The fourth-order valence-corrected chi connectivity index (χ4v) is 2.50. The molecule has 0 aliphatic carbocycles. The van der Waals surface area contributed by atoms with Crippen molar-refractivity contribution in [2.24, 2.45) is 0 Å². The van der Waals surface area contributed by atoms with E-state index < -0.39 is 0 Å². The van der Waals surface area contributed by atoms with Gasteiger partial charge in [0.15, 0.2) is 5.78 Å². The molecule has 0 bridgehead atoms. The molecule has 0 spiro atoms. The van der Waals surface area contributed by atoms with Crippen LogP contribution in [0.4, 0.5) is 0 Å². The van der Waals surface area contributed by atoms with Gasteiger partial charge in [-0.15, -0.1) is 0 Å². The predicted molar refractivity (Wildman–Crippen MR) is 103 cm³/mol. The molecular weight excluding hydrogens is 304 g/mol. The van der Waals surface area contributed by atoms with Gasteiger partial charge in [0.05, 0.1) is 0 Å². The molecule has 0 saturated heterocycles. The molecule has 120 valence electrons. The minimum Gasteiger partial charge on any atom is -0.289 e. The van der Waals surface area contributed by atoms with Gasteiger partial charge in [-0.05, 0) is 48.4 Å². The molecule has 0 amide bonds. The lowest BCUT2D eigenvalue weighted by molar-refractivity contribution is 0.104. The predicted octanol–water partition coefficient (Wildman–Crippen LogP) is 5.29. The zero-order valence-electron chi connectivity index (χ0n) is 14.1. The first-order valence-electron chi connectivity index (χ1n) is 8.18. The Bertz CT molecular complexity index is 969. The van der Waals surface area contributed by atoms with Gasteiger partial charge in [-0.1, -0.05) is 72.5 Å². The van der Waals surface area contributed by atoms with Gasteiger partial charge >= 0.3 is 0 Å². The summed E-state index contributed by atoms with van der Waals surface area (Å²) in [6, 6.07) is 25.2. The summed E-state index contributed by atoms with van der Waals surface area (Å²) < 4.78 is 0. The highest BCUT2D eigenvalue weighted by molar-refractivity contribution is 6.08. The van der Waals surface area contributed by atoms with E-state index in [1.807, 2.05) is 91.9 Å². The van der Waals surface area contributed by atoms with E-state index in [9.17, 15) is 4.79 Å². The largest absolute Gasteiger partial charge is 0.289 e. The van der Waals surface area contributed by atoms with Crippen molar-refractivity contribution < 1.29 is 4.79 Å². The van der Waals surface area contributed by atoms with Gasteiger partial charge in [0.2, 0.25) is 0 Å². The van der Waals surface area contributed by atoms with Crippen molar-refractivity contribution in [3.8, 4) is 11.8 Å². The topological polar surface area (TPSA) is 17.1 Å². The Morgan fingerprint density at radius 1 is 0.800 bits per heavy atom. The summed E-state index contributed by atoms with van der Waals surface area (Å²) >= 11 is 0. The molecule has 1 nitrogen and oxygen atoms in total. The number of aryl methyl sites for hydroxylation is 1. The van der Waals surface area contributed by atoms with Gasteiger partial charge in [-0.3, -0.25) is 4.79 Å². The maximum Gasteiger partial charge on any atom is 0.187 e. The number of hydrogen-bond donors (Lipinski definition) is 0. The van der Waals surface area contributed by atoms with Crippen LogP contribution in [0.15, 0.2) is 84.9 Å². The van der Waals surface area contributed by atoms with Crippen LogP contribution in [0.25, 0.3) is 6.08 Å². The van der Waals surface area contributed by atoms with E-state index in [1.165, 1.54) is 0 Å². The number of rotatable bonds is 3. The lowest BCUT2D eigenvalue weighted by Gasteiger charge is -2.01. The van der Waals surface area contributed by atoms with Crippen LogP contribution >= 0.6 is 0 Å². The molecule has 0 aromatic heterocycles. The number of benzene rings is 3. The van der Waals surface area contributed by atoms with E-state index >= 15 is 0 Å². The van der Waals surface area contributed by atoms with Crippen LogP contribution in [-0.4, -0.2) is 5.78 Å². The lowest BCUT2D eigenvalue weighted by atomic mass is 10.0. The highest BCUT2D eigenvalue weighted by Gasteiger charge is 2.06. The summed E-state index contributed by atoms with van der Waals surface area (Å²) in [5.41, 5.74) is 4.48. The molecule has 0 aliphatic heterocycles. The van der Waals surface area contributed by atoms with Crippen LogP contribution in [0.3, 0.4) is 0 Å². The van der Waals surface area contributed by atoms with Gasteiger partial charge < -0.3 is 0 Å². The zero-order chi connectivity index (χ0) is 17.5. The third-order valence-corrected chi connectivity index (χ3v) is 3.91. The SMILES string of the molecule is Cc1ccccc1/C=C/C(=O)c1ccccc1C#Cc1ccccc1. The Kier molecular flexibility index (Phi) is 5.24. The van der Waals surface area contributed by atoms with Crippen LogP contribution in [0.2, 0.25) is 0 Å². The van der Waals surface area contributed by atoms with Crippen molar-refractivity contribution >= 4 is 11.9 Å². The Labute approximate surface area is 148 Å². The summed E-state index contributed by atoms with van der Waals surface area (Å²) in [4.78, 5) is 12.6.